The fraction of sp³-hybridized carbons (Fsp3) is 0.863. The quantitative estimate of drug-likeness (QED) is 0.0250. The van der Waals surface area contributed by atoms with E-state index in [9.17, 15) is 24.0 Å². The molecule has 62 heavy (non-hydrogen) atoms. The van der Waals surface area contributed by atoms with Gasteiger partial charge in [-0.2, -0.15) is 0 Å². The summed E-state index contributed by atoms with van der Waals surface area (Å²) >= 11 is 0. The highest BCUT2D eigenvalue weighted by Gasteiger charge is 2.21. The van der Waals surface area contributed by atoms with Gasteiger partial charge in [0.1, 0.15) is 13.2 Å². The molecule has 11 nitrogen and oxygen atoms in total. The molecule has 0 radical (unpaired) electrons. The second-order valence-electron chi connectivity index (χ2n) is 17.4. The summed E-state index contributed by atoms with van der Waals surface area (Å²) in [6.07, 6.45) is 29.4. The Morgan fingerprint density at radius 1 is 0.468 bits per heavy atom. The smallest absolute Gasteiger partial charge is 0.333 e. The summed E-state index contributed by atoms with van der Waals surface area (Å²) in [5.74, 6) is -1.84. The molecule has 0 aromatic heterocycles. The molecule has 0 fully saturated rings. The predicted molar refractivity (Wildman–Crippen MR) is 250 cm³/mol. The highest BCUT2D eigenvalue weighted by atomic mass is 16.6. The van der Waals surface area contributed by atoms with Crippen molar-refractivity contribution in [3.63, 3.8) is 0 Å². The van der Waals surface area contributed by atoms with E-state index in [0.29, 0.717) is 38.6 Å². The maximum atomic E-state index is 13.0. The highest BCUT2D eigenvalue weighted by Crippen LogP contribution is 2.21. The third kappa shape index (κ3) is 37.6. The number of nitrogens with zero attached hydrogens (tertiary/aromatic N) is 1. The third-order valence-electron chi connectivity index (χ3n) is 11.1. The zero-order valence-electron chi connectivity index (χ0n) is 40.7. The standard InChI is InChI=1S/C51H93NO10/c1-7-11-15-19-21-25-34-44(32-23-17-13-9-3)50(56)58-40-29-27-36-47(53)60-42-46(62-49(55)38-31-39-52(5)6)43-61-48(54)37-28-30-41-59-51(57)45(33-24-18-14-10-4)35-26-22-20-16-12-8-2/h32,45-46H,7-31,33-43H2,1-6H3/b44-32+. The molecule has 0 saturated carbocycles. The normalized spacial score (nSPS) is 12.5. The van der Waals surface area contributed by atoms with Gasteiger partial charge in [-0.05, 0) is 91.3 Å². The van der Waals surface area contributed by atoms with Crippen molar-refractivity contribution in [2.75, 3.05) is 47.1 Å². The summed E-state index contributed by atoms with van der Waals surface area (Å²) in [4.78, 5) is 65.8. The Morgan fingerprint density at radius 3 is 1.47 bits per heavy atom. The minimum Gasteiger partial charge on any atom is -0.465 e. The van der Waals surface area contributed by atoms with Gasteiger partial charge in [0.05, 0.1) is 19.1 Å². The van der Waals surface area contributed by atoms with Crippen LogP contribution >= 0.6 is 0 Å². The lowest BCUT2D eigenvalue weighted by atomic mass is 9.94. The molecule has 0 bridgehead atoms. The van der Waals surface area contributed by atoms with E-state index in [1.165, 1.54) is 57.8 Å². The van der Waals surface area contributed by atoms with Gasteiger partial charge in [-0.25, -0.2) is 4.79 Å². The first-order chi connectivity index (χ1) is 30.1. The lowest BCUT2D eigenvalue weighted by molar-refractivity contribution is -0.167. The number of allylic oxidation sites excluding steroid dienone is 1. The zero-order valence-corrected chi connectivity index (χ0v) is 40.7. The minimum atomic E-state index is -0.938. The van der Waals surface area contributed by atoms with Crippen LogP contribution in [0.15, 0.2) is 11.6 Å². The Labute approximate surface area is 378 Å². The molecule has 0 aromatic carbocycles. The van der Waals surface area contributed by atoms with E-state index in [-0.39, 0.29) is 63.5 Å². The van der Waals surface area contributed by atoms with Gasteiger partial charge in [-0.15, -0.1) is 0 Å². The molecule has 0 spiro atoms. The highest BCUT2D eigenvalue weighted by molar-refractivity contribution is 5.88. The molecule has 0 amide bonds. The topological polar surface area (TPSA) is 135 Å². The van der Waals surface area contributed by atoms with E-state index in [4.69, 9.17) is 23.7 Å². The van der Waals surface area contributed by atoms with Gasteiger partial charge in [-0.3, -0.25) is 19.2 Å². The number of esters is 5. The van der Waals surface area contributed by atoms with Gasteiger partial charge in [0.15, 0.2) is 6.10 Å². The van der Waals surface area contributed by atoms with Crippen LogP contribution in [-0.2, 0) is 47.7 Å². The van der Waals surface area contributed by atoms with Crippen molar-refractivity contribution in [1.82, 2.24) is 4.90 Å². The van der Waals surface area contributed by atoms with Crippen LogP contribution in [0.3, 0.4) is 0 Å². The summed E-state index contributed by atoms with van der Waals surface area (Å²) in [6, 6.07) is 0. The van der Waals surface area contributed by atoms with Crippen molar-refractivity contribution in [2.24, 2.45) is 5.92 Å². The molecule has 0 aliphatic rings. The van der Waals surface area contributed by atoms with Crippen molar-refractivity contribution < 1.29 is 47.7 Å². The second kappa shape index (κ2) is 43.3. The molecule has 0 aliphatic heterocycles. The lowest BCUT2D eigenvalue weighted by Gasteiger charge is -2.18. The number of ether oxygens (including phenoxy) is 5. The first kappa shape index (κ1) is 59.0. The molecule has 362 valence electrons. The van der Waals surface area contributed by atoms with Crippen molar-refractivity contribution in [2.45, 2.75) is 233 Å². The van der Waals surface area contributed by atoms with E-state index in [1.54, 1.807) is 0 Å². The molecule has 0 saturated heterocycles. The maximum Gasteiger partial charge on any atom is 0.333 e. The Hall–Kier alpha value is -2.95. The Balaban J connectivity index is 4.84. The number of hydrogen-bond donors (Lipinski definition) is 0. The third-order valence-corrected chi connectivity index (χ3v) is 11.1. The monoisotopic (exact) mass is 880 g/mol. The summed E-state index contributed by atoms with van der Waals surface area (Å²) in [7, 11) is 3.84. The number of carbonyl (C=O) groups is 5. The van der Waals surface area contributed by atoms with Crippen molar-refractivity contribution in [1.29, 1.82) is 0 Å². The molecular weight excluding hydrogens is 787 g/mol. The average Bonchev–Trinajstić information content (AvgIpc) is 3.25. The van der Waals surface area contributed by atoms with Gasteiger partial charge < -0.3 is 28.6 Å². The van der Waals surface area contributed by atoms with Gasteiger partial charge >= 0.3 is 29.8 Å². The van der Waals surface area contributed by atoms with Crippen molar-refractivity contribution in [3.8, 4) is 0 Å². The molecule has 2 unspecified atom stereocenters. The minimum absolute atomic E-state index is 0.0652. The summed E-state index contributed by atoms with van der Waals surface area (Å²) < 4.78 is 27.7. The largest absolute Gasteiger partial charge is 0.465 e. The Morgan fingerprint density at radius 2 is 0.919 bits per heavy atom. The van der Waals surface area contributed by atoms with Gasteiger partial charge in [-0.1, -0.05) is 143 Å². The Bertz CT molecular complexity index is 1160. The first-order valence-corrected chi connectivity index (χ1v) is 25.3. The van der Waals surface area contributed by atoms with Crippen LogP contribution in [0, 0.1) is 5.92 Å². The van der Waals surface area contributed by atoms with Crippen LogP contribution in [0.2, 0.25) is 0 Å². The maximum absolute atomic E-state index is 13.0. The van der Waals surface area contributed by atoms with Crippen molar-refractivity contribution in [3.05, 3.63) is 11.6 Å². The van der Waals surface area contributed by atoms with E-state index in [2.05, 4.69) is 27.7 Å². The number of carbonyl (C=O) groups excluding carboxylic acids is 5. The summed E-state index contributed by atoms with van der Waals surface area (Å²) in [5.41, 5.74) is 0.760. The van der Waals surface area contributed by atoms with Crippen LogP contribution in [0.1, 0.15) is 227 Å². The Kier molecular flexibility index (Phi) is 41.2. The van der Waals surface area contributed by atoms with E-state index < -0.39 is 24.0 Å². The first-order valence-electron chi connectivity index (χ1n) is 25.3. The zero-order chi connectivity index (χ0) is 45.9. The molecule has 0 rings (SSSR count). The average molecular weight is 880 g/mol. The number of unbranched alkanes of at least 4 members (excludes halogenated alkanes) is 18. The number of rotatable bonds is 44. The fourth-order valence-electron chi connectivity index (χ4n) is 7.13. The molecule has 2 atom stereocenters. The predicted octanol–water partition coefficient (Wildman–Crippen LogP) is 12.3. The fourth-order valence-corrected chi connectivity index (χ4v) is 7.13. The van der Waals surface area contributed by atoms with Crippen LogP contribution in [0.25, 0.3) is 0 Å². The van der Waals surface area contributed by atoms with Crippen LogP contribution in [0.4, 0.5) is 0 Å². The molecule has 0 aromatic rings. The molecular formula is C51H93NO10. The summed E-state index contributed by atoms with van der Waals surface area (Å²) in [5, 5.41) is 0. The molecule has 0 heterocycles. The molecule has 0 N–H and O–H groups in total. The van der Waals surface area contributed by atoms with Gasteiger partial charge in [0.2, 0.25) is 0 Å². The van der Waals surface area contributed by atoms with Gasteiger partial charge in [0, 0.05) is 24.8 Å². The van der Waals surface area contributed by atoms with Gasteiger partial charge in [0.25, 0.3) is 0 Å². The lowest BCUT2D eigenvalue weighted by Crippen LogP contribution is -2.31. The van der Waals surface area contributed by atoms with E-state index >= 15 is 0 Å². The molecule has 0 aliphatic carbocycles. The molecule has 11 heteroatoms. The van der Waals surface area contributed by atoms with E-state index in [1.807, 2.05) is 25.1 Å². The van der Waals surface area contributed by atoms with Crippen molar-refractivity contribution >= 4 is 29.8 Å². The SMILES string of the molecule is CCCCC/C=C(\CCCCCCCC)C(=O)OCCCCC(=O)OCC(COC(=O)CCCCOC(=O)C(CCCCCC)CCCCCCCC)OC(=O)CCCN(C)C. The van der Waals surface area contributed by atoms with Crippen LogP contribution in [-0.4, -0.2) is 87.9 Å². The van der Waals surface area contributed by atoms with Crippen LogP contribution < -0.4 is 0 Å². The second-order valence-corrected chi connectivity index (χ2v) is 17.4. The summed E-state index contributed by atoms with van der Waals surface area (Å²) in [6.45, 7) is 9.49. The number of hydrogen-bond acceptors (Lipinski definition) is 11. The van der Waals surface area contributed by atoms with E-state index in [0.717, 1.165) is 95.5 Å². The van der Waals surface area contributed by atoms with Crippen LogP contribution in [0.5, 0.6) is 0 Å².